The maximum atomic E-state index is 13.0. The molecule has 1 aliphatic rings. The minimum absolute atomic E-state index is 0.000835. The van der Waals surface area contributed by atoms with Crippen molar-refractivity contribution in [2.24, 2.45) is 0 Å². The fourth-order valence-corrected chi connectivity index (χ4v) is 4.22. The molecule has 0 bridgehead atoms. The van der Waals surface area contributed by atoms with Crippen LogP contribution in [0.2, 0.25) is 0 Å². The number of carbonyl (C=O) groups is 1. The van der Waals surface area contributed by atoms with Gasteiger partial charge in [0.15, 0.2) is 11.5 Å². The number of ether oxygens (including phenoxy) is 2. The van der Waals surface area contributed by atoms with Crippen molar-refractivity contribution in [1.82, 2.24) is 4.90 Å². The van der Waals surface area contributed by atoms with Crippen molar-refractivity contribution in [3.05, 3.63) is 52.0 Å². The van der Waals surface area contributed by atoms with E-state index in [1.807, 2.05) is 12.1 Å². The number of rotatable bonds is 5. The van der Waals surface area contributed by atoms with E-state index in [2.05, 4.69) is 0 Å². The minimum Gasteiger partial charge on any atom is -0.493 e. The molecule has 2 aromatic rings. The van der Waals surface area contributed by atoms with E-state index in [0.29, 0.717) is 19.5 Å². The molecule has 1 aromatic carbocycles. The van der Waals surface area contributed by atoms with Gasteiger partial charge in [-0.3, -0.25) is 14.9 Å². The topological polar surface area (TPSA) is 95.0 Å². The molecular formula is C18H20N2O6S. The summed E-state index contributed by atoms with van der Waals surface area (Å²) in [6, 6.07) is 6.37. The molecule has 0 aliphatic carbocycles. The van der Waals surface area contributed by atoms with E-state index in [-0.39, 0.29) is 33.9 Å². The summed E-state index contributed by atoms with van der Waals surface area (Å²) in [5.74, 6) is 1.71. The molecule has 1 atom stereocenters. The van der Waals surface area contributed by atoms with Crippen LogP contribution in [0.1, 0.15) is 27.8 Å². The van der Waals surface area contributed by atoms with E-state index < -0.39 is 4.92 Å². The molecule has 1 aromatic heterocycles. The SMILES string of the molecule is COc1cc(C(=O)N2CCSC(c3ccco3)CC2)c([N+](=O)[O-])cc1OC. The first-order valence-corrected chi connectivity index (χ1v) is 9.44. The first-order chi connectivity index (χ1) is 13.0. The van der Waals surface area contributed by atoms with Crippen molar-refractivity contribution in [3.63, 3.8) is 0 Å². The van der Waals surface area contributed by atoms with Gasteiger partial charge in [-0.1, -0.05) is 0 Å². The molecule has 0 N–H and O–H groups in total. The third-order valence-corrected chi connectivity index (χ3v) is 5.71. The second-order valence-electron chi connectivity index (χ2n) is 5.94. The molecule has 0 saturated carbocycles. The van der Waals surface area contributed by atoms with Crippen LogP contribution in [0.4, 0.5) is 5.69 Å². The van der Waals surface area contributed by atoms with Crippen LogP contribution >= 0.6 is 11.8 Å². The summed E-state index contributed by atoms with van der Waals surface area (Å²) in [6.07, 6.45) is 2.35. The average molecular weight is 392 g/mol. The van der Waals surface area contributed by atoms with Gasteiger partial charge < -0.3 is 18.8 Å². The summed E-state index contributed by atoms with van der Waals surface area (Å²) in [6.45, 7) is 0.995. The summed E-state index contributed by atoms with van der Waals surface area (Å²) < 4.78 is 15.8. The van der Waals surface area contributed by atoms with Crippen LogP contribution in [-0.2, 0) is 0 Å². The fourth-order valence-electron chi connectivity index (χ4n) is 3.04. The molecule has 2 heterocycles. The number of carbonyl (C=O) groups excluding carboxylic acids is 1. The van der Waals surface area contributed by atoms with Gasteiger partial charge in [0.2, 0.25) is 0 Å². The molecule has 1 saturated heterocycles. The Hall–Kier alpha value is -2.68. The maximum absolute atomic E-state index is 13.0. The Balaban J connectivity index is 1.85. The van der Waals surface area contributed by atoms with Crippen LogP contribution in [0.3, 0.4) is 0 Å². The second-order valence-corrected chi connectivity index (χ2v) is 7.25. The molecule has 3 rings (SSSR count). The summed E-state index contributed by atoms with van der Waals surface area (Å²) in [7, 11) is 2.82. The van der Waals surface area contributed by atoms with Gasteiger partial charge in [-0.05, 0) is 18.6 Å². The largest absolute Gasteiger partial charge is 0.493 e. The summed E-state index contributed by atoms with van der Waals surface area (Å²) in [5, 5.41) is 11.6. The number of nitro groups is 1. The Morgan fingerprint density at radius 1 is 1.30 bits per heavy atom. The van der Waals surface area contributed by atoms with Crippen molar-refractivity contribution >= 4 is 23.4 Å². The van der Waals surface area contributed by atoms with E-state index in [4.69, 9.17) is 13.9 Å². The number of hydrogen-bond acceptors (Lipinski definition) is 7. The molecule has 27 heavy (non-hydrogen) atoms. The zero-order valence-electron chi connectivity index (χ0n) is 15.0. The lowest BCUT2D eigenvalue weighted by Gasteiger charge is -2.21. The molecule has 0 radical (unpaired) electrons. The van der Waals surface area contributed by atoms with E-state index in [1.165, 1.54) is 26.4 Å². The van der Waals surface area contributed by atoms with Gasteiger partial charge in [-0.2, -0.15) is 0 Å². The molecule has 144 valence electrons. The number of amides is 1. The van der Waals surface area contributed by atoms with Crippen molar-refractivity contribution in [3.8, 4) is 11.5 Å². The molecule has 1 fully saturated rings. The average Bonchev–Trinajstić information content (AvgIpc) is 3.10. The lowest BCUT2D eigenvalue weighted by atomic mass is 10.1. The Morgan fingerprint density at radius 3 is 2.67 bits per heavy atom. The van der Waals surface area contributed by atoms with Crippen molar-refractivity contribution in [2.45, 2.75) is 11.7 Å². The number of benzene rings is 1. The van der Waals surface area contributed by atoms with Crippen LogP contribution in [0.25, 0.3) is 0 Å². The highest BCUT2D eigenvalue weighted by Crippen LogP contribution is 2.37. The highest BCUT2D eigenvalue weighted by Gasteiger charge is 2.30. The van der Waals surface area contributed by atoms with Gasteiger partial charge in [0.1, 0.15) is 11.3 Å². The highest BCUT2D eigenvalue weighted by molar-refractivity contribution is 7.99. The van der Waals surface area contributed by atoms with Crippen molar-refractivity contribution in [2.75, 3.05) is 33.1 Å². The molecular weight excluding hydrogens is 372 g/mol. The van der Waals surface area contributed by atoms with E-state index in [0.717, 1.165) is 11.5 Å². The second kappa shape index (κ2) is 8.34. The van der Waals surface area contributed by atoms with E-state index >= 15 is 0 Å². The van der Waals surface area contributed by atoms with Gasteiger partial charge >= 0.3 is 0 Å². The first kappa shape index (κ1) is 19.1. The number of nitrogens with zero attached hydrogens (tertiary/aromatic N) is 2. The number of methoxy groups -OCH3 is 2. The van der Waals surface area contributed by atoms with Gasteiger partial charge in [0, 0.05) is 24.9 Å². The van der Waals surface area contributed by atoms with Gasteiger partial charge in [-0.25, -0.2) is 0 Å². The number of furan rings is 1. The van der Waals surface area contributed by atoms with E-state index in [9.17, 15) is 14.9 Å². The smallest absolute Gasteiger partial charge is 0.286 e. The summed E-state index contributed by atoms with van der Waals surface area (Å²) >= 11 is 1.72. The Morgan fingerprint density at radius 2 is 2.04 bits per heavy atom. The van der Waals surface area contributed by atoms with Crippen LogP contribution in [0.5, 0.6) is 11.5 Å². The monoisotopic (exact) mass is 392 g/mol. The number of thioether (sulfide) groups is 1. The summed E-state index contributed by atoms with van der Waals surface area (Å²) in [5.41, 5.74) is -0.295. The van der Waals surface area contributed by atoms with Crippen molar-refractivity contribution in [1.29, 1.82) is 0 Å². The lowest BCUT2D eigenvalue weighted by molar-refractivity contribution is -0.385. The van der Waals surface area contributed by atoms with Crippen LogP contribution < -0.4 is 9.47 Å². The highest BCUT2D eigenvalue weighted by atomic mass is 32.2. The zero-order chi connectivity index (χ0) is 19.4. The molecule has 9 heteroatoms. The zero-order valence-corrected chi connectivity index (χ0v) is 15.9. The van der Waals surface area contributed by atoms with Crippen LogP contribution in [0, 0.1) is 10.1 Å². The Kier molecular flexibility index (Phi) is 5.90. The van der Waals surface area contributed by atoms with Gasteiger partial charge in [0.05, 0.1) is 36.7 Å². The maximum Gasteiger partial charge on any atom is 0.286 e. The molecule has 1 amide bonds. The van der Waals surface area contributed by atoms with Crippen LogP contribution in [-0.4, -0.2) is 48.8 Å². The number of nitro benzene ring substituents is 1. The molecule has 1 aliphatic heterocycles. The standard InChI is InChI=1S/C18H20N2O6S/c1-24-15-10-12(13(20(22)23)11-16(15)25-2)18(21)19-6-5-17(27-9-7-19)14-4-3-8-26-14/h3-4,8,10-11,17H,5-7,9H2,1-2H3. The normalized spacial score (nSPS) is 17.3. The van der Waals surface area contributed by atoms with Crippen molar-refractivity contribution < 1.29 is 23.6 Å². The minimum atomic E-state index is -0.576. The molecule has 0 spiro atoms. The first-order valence-electron chi connectivity index (χ1n) is 8.39. The van der Waals surface area contributed by atoms with Gasteiger partial charge in [0.25, 0.3) is 11.6 Å². The van der Waals surface area contributed by atoms with E-state index in [1.54, 1.807) is 22.9 Å². The fraction of sp³-hybridized carbons (Fsp3) is 0.389. The van der Waals surface area contributed by atoms with Gasteiger partial charge in [-0.15, -0.1) is 11.8 Å². The third kappa shape index (κ3) is 4.02. The predicted molar refractivity (Wildman–Crippen MR) is 101 cm³/mol. The quantitative estimate of drug-likeness (QED) is 0.567. The Bertz CT molecular complexity index is 824. The molecule has 1 unspecified atom stereocenters. The third-order valence-electron chi connectivity index (χ3n) is 4.42. The number of hydrogen-bond donors (Lipinski definition) is 0. The molecule has 8 nitrogen and oxygen atoms in total. The van der Waals surface area contributed by atoms with Crippen LogP contribution in [0.15, 0.2) is 34.9 Å². The summed E-state index contributed by atoms with van der Waals surface area (Å²) in [4.78, 5) is 25.6. The Labute approximate surface area is 160 Å². The lowest BCUT2D eigenvalue weighted by Crippen LogP contribution is -2.33. The predicted octanol–water partition coefficient (Wildman–Crippen LogP) is 3.53.